The second-order valence-electron chi connectivity index (χ2n) is 4.93. The summed E-state index contributed by atoms with van der Waals surface area (Å²) in [5.74, 6) is -0.580. The maximum Gasteiger partial charge on any atom is 0.240 e. The minimum absolute atomic E-state index is 0.0131. The van der Waals surface area contributed by atoms with Crippen molar-refractivity contribution in [3.63, 3.8) is 0 Å². The molecule has 0 saturated heterocycles. The van der Waals surface area contributed by atoms with Gasteiger partial charge >= 0.3 is 0 Å². The van der Waals surface area contributed by atoms with E-state index in [1.807, 2.05) is 20.1 Å². The highest BCUT2D eigenvalue weighted by Gasteiger charge is 2.22. The third-order valence-electron chi connectivity index (χ3n) is 2.81. The molecule has 0 spiro atoms. The third-order valence-corrected chi connectivity index (χ3v) is 5.44. The maximum atomic E-state index is 13.4. The quantitative estimate of drug-likeness (QED) is 0.818. The number of aryl methyl sites for hydroxylation is 1. The normalized spacial score (nSPS) is 12.7. The maximum absolute atomic E-state index is 13.4. The minimum atomic E-state index is -3.68. The van der Waals surface area contributed by atoms with E-state index in [1.165, 1.54) is 13.0 Å². The summed E-state index contributed by atoms with van der Waals surface area (Å²) < 4.78 is 39.9. The van der Waals surface area contributed by atoms with Crippen molar-refractivity contribution >= 4 is 27.5 Å². The Kier molecular flexibility index (Phi) is 4.86. The monoisotopic (exact) mass is 306 g/mol. The molecule has 0 aliphatic heterocycles. The lowest BCUT2D eigenvalue weighted by Gasteiger charge is -2.22. The van der Waals surface area contributed by atoms with Crippen LogP contribution in [0.4, 0.5) is 10.1 Å². The highest BCUT2D eigenvalue weighted by molar-refractivity contribution is 8.00. The number of anilines is 1. The number of nitrogen functional groups attached to an aromatic ring is 1. The van der Waals surface area contributed by atoms with Crippen LogP contribution in [0.5, 0.6) is 0 Å². The van der Waals surface area contributed by atoms with Gasteiger partial charge in [-0.2, -0.15) is 11.8 Å². The molecule has 108 valence electrons. The molecule has 0 aliphatic carbocycles. The molecule has 1 aromatic rings. The molecular weight excluding hydrogens is 287 g/mol. The van der Waals surface area contributed by atoms with Gasteiger partial charge in [0.15, 0.2) is 0 Å². The van der Waals surface area contributed by atoms with Crippen molar-refractivity contribution in [2.45, 2.75) is 30.4 Å². The van der Waals surface area contributed by atoms with Crippen LogP contribution in [0.2, 0.25) is 0 Å². The summed E-state index contributed by atoms with van der Waals surface area (Å²) in [7, 11) is -3.68. The molecule has 0 aromatic heterocycles. The first-order valence-corrected chi connectivity index (χ1v) is 8.40. The summed E-state index contributed by atoms with van der Waals surface area (Å²) in [5, 5.41) is 0. The molecule has 0 heterocycles. The number of rotatable bonds is 5. The molecule has 7 heteroatoms. The third kappa shape index (κ3) is 4.09. The molecule has 0 aliphatic rings. The lowest BCUT2D eigenvalue weighted by Crippen LogP contribution is -2.36. The second-order valence-corrected chi connectivity index (χ2v) is 8.21. The zero-order valence-electron chi connectivity index (χ0n) is 11.5. The second kappa shape index (κ2) is 5.68. The Morgan fingerprint density at radius 1 is 1.42 bits per heavy atom. The van der Waals surface area contributed by atoms with Crippen LogP contribution in [0, 0.1) is 12.7 Å². The standard InChI is InChI=1S/C12H19FN2O2S2/c1-8-5-9(6-10(14)11(8)13)19(16,17)15-7-12(2,3)18-4/h5-6,15H,7,14H2,1-4H3. The molecule has 0 amide bonds. The van der Waals surface area contributed by atoms with Gasteiger partial charge in [0.25, 0.3) is 0 Å². The van der Waals surface area contributed by atoms with E-state index in [1.54, 1.807) is 11.8 Å². The van der Waals surface area contributed by atoms with Crippen molar-refractivity contribution in [2.75, 3.05) is 18.5 Å². The summed E-state index contributed by atoms with van der Waals surface area (Å²) in [6.07, 6.45) is 1.91. The summed E-state index contributed by atoms with van der Waals surface area (Å²) in [6, 6.07) is 2.41. The molecular formula is C12H19FN2O2S2. The van der Waals surface area contributed by atoms with Crippen LogP contribution < -0.4 is 10.5 Å². The summed E-state index contributed by atoms with van der Waals surface area (Å²) >= 11 is 1.56. The van der Waals surface area contributed by atoms with E-state index < -0.39 is 15.8 Å². The zero-order chi connectivity index (χ0) is 14.8. The molecule has 0 radical (unpaired) electrons. The van der Waals surface area contributed by atoms with Crippen LogP contribution >= 0.6 is 11.8 Å². The van der Waals surface area contributed by atoms with Gasteiger partial charge in [0.2, 0.25) is 10.0 Å². The van der Waals surface area contributed by atoms with Gasteiger partial charge in [-0.05, 0) is 44.7 Å². The van der Waals surface area contributed by atoms with E-state index in [-0.39, 0.29) is 27.4 Å². The number of benzene rings is 1. The molecule has 1 aromatic carbocycles. The van der Waals surface area contributed by atoms with Crippen LogP contribution in [0.1, 0.15) is 19.4 Å². The first-order chi connectivity index (χ1) is 8.59. The lowest BCUT2D eigenvalue weighted by atomic mass is 10.2. The largest absolute Gasteiger partial charge is 0.396 e. The average molecular weight is 306 g/mol. The zero-order valence-corrected chi connectivity index (χ0v) is 13.1. The van der Waals surface area contributed by atoms with Crippen molar-refractivity contribution in [3.05, 3.63) is 23.5 Å². The van der Waals surface area contributed by atoms with Crippen LogP contribution in [0.15, 0.2) is 17.0 Å². The van der Waals surface area contributed by atoms with E-state index in [2.05, 4.69) is 4.72 Å². The van der Waals surface area contributed by atoms with Crippen molar-refractivity contribution < 1.29 is 12.8 Å². The fourth-order valence-electron chi connectivity index (χ4n) is 1.34. The van der Waals surface area contributed by atoms with Crippen LogP contribution in [0.3, 0.4) is 0 Å². The predicted octanol–water partition coefficient (Wildman–Crippen LogP) is 2.14. The van der Waals surface area contributed by atoms with E-state index in [0.717, 1.165) is 6.07 Å². The van der Waals surface area contributed by atoms with E-state index >= 15 is 0 Å². The van der Waals surface area contributed by atoms with Gasteiger partial charge in [0.05, 0.1) is 10.6 Å². The molecule has 3 N–H and O–H groups in total. The number of sulfonamides is 1. The summed E-state index contributed by atoms with van der Waals surface area (Å²) in [4.78, 5) is -0.0131. The number of halogens is 1. The van der Waals surface area contributed by atoms with Gasteiger partial charge in [-0.15, -0.1) is 0 Å². The SMILES string of the molecule is CSC(C)(C)CNS(=O)(=O)c1cc(C)c(F)c(N)c1. The number of nitrogens with one attached hydrogen (secondary N) is 1. The number of nitrogens with two attached hydrogens (primary N) is 1. The van der Waals surface area contributed by atoms with Gasteiger partial charge in [-0.3, -0.25) is 0 Å². The predicted molar refractivity (Wildman–Crippen MR) is 78.3 cm³/mol. The topological polar surface area (TPSA) is 72.2 Å². The molecule has 4 nitrogen and oxygen atoms in total. The van der Waals surface area contributed by atoms with Crippen LogP contribution in [0.25, 0.3) is 0 Å². The first-order valence-electron chi connectivity index (χ1n) is 5.69. The Hall–Kier alpha value is -0.790. The van der Waals surface area contributed by atoms with Gasteiger partial charge in [0, 0.05) is 11.3 Å². The Bertz CT molecular complexity index is 548. The summed E-state index contributed by atoms with van der Waals surface area (Å²) in [5.41, 5.74) is 5.50. The van der Waals surface area contributed by atoms with Gasteiger partial charge in [-0.1, -0.05) is 0 Å². The molecule has 0 bridgehead atoms. The number of hydrogen-bond donors (Lipinski definition) is 2. The van der Waals surface area contributed by atoms with Gasteiger partial charge in [-0.25, -0.2) is 17.5 Å². The van der Waals surface area contributed by atoms with Crippen LogP contribution in [-0.4, -0.2) is 26.0 Å². The number of thioether (sulfide) groups is 1. The molecule has 0 unspecified atom stereocenters. The van der Waals surface area contributed by atoms with E-state index in [9.17, 15) is 12.8 Å². The Balaban J connectivity index is 3.02. The Labute approximate surface area is 118 Å². The highest BCUT2D eigenvalue weighted by Crippen LogP contribution is 2.23. The lowest BCUT2D eigenvalue weighted by molar-refractivity contribution is 0.570. The smallest absolute Gasteiger partial charge is 0.240 e. The molecule has 0 fully saturated rings. The number of hydrogen-bond acceptors (Lipinski definition) is 4. The Morgan fingerprint density at radius 2 is 2.00 bits per heavy atom. The van der Waals surface area contributed by atoms with Crippen molar-refractivity contribution in [1.29, 1.82) is 0 Å². The molecule has 0 saturated carbocycles. The highest BCUT2D eigenvalue weighted by atomic mass is 32.2. The van der Waals surface area contributed by atoms with Gasteiger partial charge < -0.3 is 5.73 Å². The van der Waals surface area contributed by atoms with Crippen molar-refractivity contribution in [2.24, 2.45) is 0 Å². The minimum Gasteiger partial charge on any atom is -0.396 e. The molecule has 19 heavy (non-hydrogen) atoms. The average Bonchev–Trinajstić information content (AvgIpc) is 2.33. The van der Waals surface area contributed by atoms with Crippen LogP contribution in [-0.2, 0) is 10.0 Å². The fourth-order valence-corrected chi connectivity index (χ4v) is 2.98. The van der Waals surface area contributed by atoms with E-state index in [0.29, 0.717) is 0 Å². The van der Waals surface area contributed by atoms with Crippen molar-refractivity contribution in [1.82, 2.24) is 4.72 Å². The Morgan fingerprint density at radius 3 is 2.47 bits per heavy atom. The first kappa shape index (κ1) is 16.3. The molecule has 0 atom stereocenters. The van der Waals surface area contributed by atoms with E-state index in [4.69, 9.17) is 5.73 Å². The summed E-state index contributed by atoms with van der Waals surface area (Å²) in [6.45, 7) is 5.64. The molecule has 1 rings (SSSR count). The van der Waals surface area contributed by atoms with Gasteiger partial charge in [0.1, 0.15) is 5.82 Å². The van der Waals surface area contributed by atoms with Crippen molar-refractivity contribution in [3.8, 4) is 0 Å². The fraction of sp³-hybridized carbons (Fsp3) is 0.500.